The predicted molar refractivity (Wildman–Crippen MR) is 65.7 cm³/mol. The van der Waals surface area contributed by atoms with Crippen molar-refractivity contribution in [1.82, 2.24) is 0 Å². The molecule has 0 atom stereocenters. The second-order valence-corrected chi connectivity index (χ2v) is 5.41. The summed E-state index contributed by atoms with van der Waals surface area (Å²) in [5, 5.41) is 0. The highest BCUT2D eigenvalue weighted by atomic mass is 32.2. The molecule has 2 rings (SSSR count). The number of benzene rings is 1. The summed E-state index contributed by atoms with van der Waals surface area (Å²) in [6.45, 7) is 0. The Kier molecular flexibility index (Phi) is 3.47. The fraction of sp³-hybridized carbons (Fsp3) is 0.462. The van der Waals surface area contributed by atoms with Gasteiger partial charge in [0.05, 0.1) is 0 Å². The summed E-state index contributed by atoms with van der Waals surface area (Å²) < 4.78 is 11.1. The van der Waals surface area contributed by atoms with Crippen molar-refractivity contribution in [2.75, 3.05) is 0 Å². The molecule has 1 aliphatic carbocycles. The Hall–Kier alpha value is -0.760. The number of hydrogen-bond acceptors (Lipinski definition) is 2. The molecule has 0 radical (unpaired) electrons. The third-order valence-electron chi connectivity index (χ3n) is 3.22. The van der Waals surface area contributed by atoms with Crippen LogP contribution in [0.2, 0.25) is 0 Å². The molecule has 1 nitrogen and oxygen atoms in total. The van der Waals surface area contributed by atoms with Crippen LogP contribution in [-0.4, -0.2) is 5.87 Å². The molecule has 0 unspecified atom stereocenters. The zero-order chi connectivity index (χ0) is 10.7. The van der Waals surface area contributed by atoms with Crippen LogP contribution in [0.25, 0.3) is 0 Å². The van der Waals surface area contributed by atoms with Gasteiger partial charge < -0.3 is 4.21 Å². The Morgan fingerprint density at radius 3 is 2.20 bits per heavy atom. The maximum atomic E-state index is 11.1. The molecule has 0 aromatic heterocycles. The zero-order valence-electron chi connectivity index (χ0n) is 8.95. The van der Waals surface area contributed by atoms with E-state index in [4.69, 9.17) is 0 Å². The molecule has 0 aliphatic heterocycles. The van der Waals surface area contributed by atoms with Crippen LogP contribution in [0.4, 0.5) is 0 Å². The molecule has 1 aliphatic rings. The molecule has 0 amide bonds. The Labute approximate surface area is 93.6 Å². The number of hydrogen-bond donors (Lipinski definition) is 0. The standard InChI is InChI=1S/C13H17OS/c1-15(14)13-9-7-12(8-10-13)11-5-3-2-4-6-11/h7-11H,1-6H2/q-1. The molecule has 2 heteroatoms. The van der Waals surface area contributed by atoms with Gasteiger partial charge in [-0.25, -0.2) is 0 Å². The fourth-order valence-electron chi connectivity index (χ4n) is 2.33. The average Bonchev–Trinajstić information content (AvgIpc) is 2.30. The lowest BCUT2D eigenvalue weighted by atomic mass is 9.84. The normalized spacial score (nSPS) is 18.2. The zero-order valence-corrected chi connectivity index (χ0v) is 9.76. The summed E-state index contributed by atoms with van der Waals surface area (Å²) in [6, 6.07) is 8.14. The van der Waals surface area contributed by atoms with E-state index in [2.05, 4.69) is 18.0 Å². The van der Waals surface area contributed by atoms with Gasteiger partial charge >= 0.3 is 0 Å². The van der Waals surface area contributed by atoms with E-state index in [0.717, 1.165) is 10.8 Å². The van der Waals surface area contributed by atoms with Gasteiger partial charge in [0.15, 0.2) is 0 Å². The van der Waals surface area contributed by atoms with E-state index in [1.165, 1.54) is 37.7 Å². The molecular formula is C13H17OS-. The first-order valence-corrected chi connectivity index (χ1v) is 6.90. The van der Waals surface area contributed by atoms with Gasteiger partial charge in [0.25, 0.3) is 0 Å². The van der Waals surface area contributed by atoms with Gasteiger partial charge in [0.2, 0.25) is 0 Å². The van der Waals surface area contributed by atoms with Crippen molar-refractivity contribution in [2.24, 2.45) is 0 Å². The summed E-state index contributed by atoms with van der Waals surface area (Å²) in [6.07, 6.45) is 6.72. The largest absolute Gasteiger partial charge is 0.457 e. The number of rotatable bonds is 2. The summed E-state index contributed by atoms with van der Waals surface area (Å²) in [5.74, 6) is 4.25. The highest BCUT2D eigenvalue weighted by Gasteiger charge is 2.14. The molecule has 0 bridgehead atoms. The van der Waals surface area contributed by atoms with Gasteiger partial charge in [-0.15, -0.1) is 4.90 Å². The van der Waals surface area contributed by atoms with E-state index in [9.17, 15) is 4.21 Å². The highest BCUT2D eigenvalue weighted by Crippen LogP contribution is 2.32. The third-order valence-corrected chi connectivity index (χ3v) is 4.02. The molecule has 1 aromatic rings. The van der Waals surface area contributed by atoms with Gasteiger partial charge in [-0.3, -0.25) is 10.4 Å². The van der Waals surface area contributed by atoms with Crippen LogP contribution in [0.3, 0.4) is 0 Å². The van der Waals surface area contributed by atoms with Crippen LogP contribution in [0.5, 0.6) is 0 Å². The summed E-state index contributed by atoms with van der Waals surface area (Å²) >= 11 is 0. The van der Waals surface area contributed by atoms with Gasteiger partial charge in [-0.05, 0) is 24.3 Å². The maximum Gasteiger partial charge on any atom is -0.0162 e. The predicted octanol–water partition coefficient (Wildman–Crippen LogP) is 3.49. The van der Waals surface area contributed by atoms with Crippen LogP contribution < -0.4 is 0 Å². The van der Waals surface area contributed by atoms with Crippen molar-refractivity contribution >= 4 is 16.3 Å². The quantitative estimate of drug-likeness (QED) is 0.552. The summed E-state index contributed by atoms with van der Waals surface area (Å²) in [4.78, 5) is 0.828. The van der Waals surface area contributed by atoms with Crippen LogP contribution in [0.1, 0.15) is 43.6 Å². The first-order chi connectivity index (χ1) is 7.27. The molecule has 1 saturated carbocycles. The highest BCUT2D eigenvalue weighted by molar-refractivity contribution is 7.82. The molecule has 0 saturated heterocycles. The van der Waals surface area contributed by atoms with E-state index in [1.807, 2.05) is 12.1 Å². The summed E-state index contributed by atoms with van der Waals surface area (Å²) in [7, 11) is -1.09. The monoisotopic (exact) mass is 221 g/mol. The van der Waals surface area contributed by atoms with Crippen molar-refractivity contribution in [3.63, 3.8) is 0 Å². The topological polar surface area (TPSA) is 17.1 Å². The van der Waals surface area contributed by atoms with Gasteiger partial charge in [-0.1, -0.05) is 43.5 Å². The smallest absolute Gasteiger partial charge is 0.0162 e. The molecular weight excluding hydrogens is 204 g/mol. The lowest BCUT2D eigenvalue weighted by Crippen LogP contribution is -2.04. The third kappa shape index (κ3) is 2.63. The lowest BCUT2D eigenvalue weighted by Gasteiger charge is -2.22. The molecule has 82 valence electrons. The molecule has 0 spiro atoms. The Morgan fingerprint density at radius 1 is 1.07 bits per heavy atom. The van der Waals surface area contributed by atoms with E-state index < -0.39 is 10.4 Å². The van der Waals surface area contributed by atoms with Gasteiger partial charge in [0.1, 0.15) is 0 Å². The molecule has 15 heavy (non-hydrogen) atoms. The van der Waals surface area contributed by atoms with Gasteiger partial charge in [-0.2, -0.15) is 5.87 Å². The van der Waals surface area contributed by atoms with Crippen molar-refractivity contribution < 1.29 is 4.21 Å². The SMILES string of the molecule is C=[S-](=O)c1ccc(C2CCCCC2)cc1. The van der Waals surface area contributed by atoms with E-state index >= 15 is 0 Å². The Balaban J connectivity index is 2.15. The molecule has 1 fully saturated rings. The minimum Gasteiger partial charge on any atom is -0.457 e. The first kappa shape index (κ1) is 10.7. The Morgan fingerprint density at radius 2 is 1.67 bits per heavy atom. The second-order valence-electron chi connectivity index (χ2n) is 4.25. The van der Waals surface area contributed by atoms with Crippen LogP contribution >= 0.6 is 0 Å². The van der Waals surface area contributed by atoms with Crippen molar-refractivity contribution in [2.45, 2.75) is 42.9 Å². The van der Waals surface area contributed by atoms with Crippen LogP contribution in [0, 0.1) is 0 Å². The molecule has 0 heterocycles. The maximum absolute atomic E-state index is 11.1. The first-order valence-electron chi connectivity index (χ1n) is 5.59. The minimum absolute atomic E-state index is 0.728. The van der Waals surface area contributed by atoms with Crippen LogP contribution in [0.15, 0.2) is 29.2 Å². The van der Waals surface area contributed by atoms with Gasteiger partial charge in [0, 0.05) is 0 Å². The van der Waals surface area contributed by atoms with Crippen molar-refractivity contribution in [3.8, 4) is 0 Å². The Bertz CT molecular complexity index is 376. The lowest BCUT2D eigenvalue weighted by molar-refractivity contribution is 0.443. The fourth-order valence-corrected chi connectivity index (χ4v) is 2.77. The van der Waals surface area contributed by atoms with Crippen molar-refractivity contribution in [3.05, 3.63) is 29.8 Å². The van der Waals surface area contributed by atoms with E-state index in [-0.39, 0.29) is 0 Å². The summed E-state index contributed by atoms with van der Waals surface area (Å²) in [5.41, 5.74) is 1.41. The molecule has 1 aromatic carbocycles. The minimum atomic E-state index is -1.09. The van der Waals surface area contributed by atoms with Crippen molar-refractivity contribution in [1.29, 1.82) is 0 Å². The van der Waals surface area contributed by atoms with E-state index in [1.54, 1.807) is 0 Å². The van der Waals surface area contributed by atoms with E-state index in [0.29, 0.717) is 0 Å². The second kappa shape index (κ2) is 4.84. The van der Waals surface area contributed by atoms with Crippen LogP contribution in [-0.2, 0) is 14.6 Å². The average molecular weight is 221 g/mol. The molecule has 0 N–H and O–H groups in total.